The molecule has 3 aromatic carbocycles. The highest BCUT2D eigenvalue weighted by molar-refractivity contribution is 9.10. The molecule has 1 amide bonds. The summed E-state index contributed by atoms with van der Waals surface area (Å²) in [4.78, 5) is 35.6. The fourth-order valence-electron chi connectivity index (χ4n) is 4.19. The number of aliphatic hydroxyl groups excluding tert-OH is 1. The van der Waals surface area contributed by atoms with Gasteiger partial charge in [0.1, 0.15) is 11.5 Å². The number of imidazole rings is 1. The molecular formula is C26H20BrN3O4. The lowest BCUT2D eigenvalue weighted by molar-refractivity contribution is -0.132. The standard InChI is InChI=1S/C26H20BrN3O4/c1-14-8-10-18-19(12-14)29-26(28-18)30-22(15-6-4-3-5-7-15)21(24(32)25(30)33)23(31)16-9-11-20(34-2)17(27)13-16/h3-13,22,31H,1-2H3,(H,28,29)/b23-21+. The zero-order valence-electron chi connectivity index (χ0n) is 18.4. The number of hydrogen-bond donors (Lipinski definition) is 2. The number of carbonyl (C=O) groups excluding carboxylic acids is 2. The number of methoxy groups -OCH3 is 1. The Bertz CT molecular complexity index is 1480. The van der Waals surface area contributed by atoms with Gasteiger partial charge in [-0.3, -0.25) is 14.5 Å². The first-order chi connectivity index (χ1) is 16.4. The molecule has 34 heavy (non-hydrogen) atoms. The molecule has 1 aliphatic heterocycles. The fraction of sp³-hybridized carbons (Fsp3) is 0.115. The van der Waals surface area contributed by atoms with Crippen LogP contribution in [0.3, 0.4) is 0 Å². The monoisotopic (exact) mass is 517 g/mol. The van der Waals surface area contributed by atoms with E-state index in [2.05, 4.69) is 25.9 Å². The first kappa shape index (κ1) is 21.9. The summed E-state index contributed by atoms with van der Waals surface area (Å²) in [6.07, 6.45) is 0. The second-order valence-corrected chi connectivity index (χ2v) is 8.86. The normalized spacial score (nSPS) is 17.5. The smallest absolute Gasteiger partial charge is 0.302 e. The van der Waals surface area contributed by atoms with Crippen LogP contribution in [0.4, 0.5) is 5.95 Å². The number of rotatable bonds is 4. The van der Waals surface area contributed by atoms with E-state index in [-0.39, 0.29) is 17.3 Å². The number of aryl methyl sites for hydroxylation is 1. The molecule has 0 saturated carbocycles. The van der Waals surface area contributed by atoms with Crippen LogP contribution in [0.1, 0.15) is 22.7 Å². The molecule has 170 valence electrons. The number of nitrogens with one attached hydrogen (secondary N) is 1. The molecule has 0 bridgehead atoms. The maximum absolute atomic E-state index is 13.3. The highest BCUT2D eigenvalue weighted by Crippen LogP contribution is 2.42. The van der Waals surface area contributed by atoms with Crippen molar-refractivity contribution in [2.75, 3.05) is 12.0 Å². The van der Waals surface area contributed by atoms with E-state index in [1.165, 1.54) is 12.0 Å². The highest BCUT2D eigenvalue weighted by atomic mass is 79.9. The van der Waals surface area contributed by atoms with Crippen LogP contribution in [-0.4, -0.2) is 33.9 Å². The molecule has 1 aromatic heterocycles. The first-order valence-electron chi connectivity index (χ1n) is 10.5. The van der Waals surface area contributed by atoms with Gasteiger partial charge in [0, 0.05) is 5.56 Å². The average molecular weight is 518 g/mol. The summed E-state index contributed by atoms with van der Waals surface area (Å²) < 4.78 is 5.87. The van der Waals surface area contributed by atoms with Crippen LogP contribution in [0.5, 0.6) is 5.75 Å². The van der Waals surface area contributed by atoms with Gasteiger partial charge in [0.05, 0.1) is 34.2 Å². The summed E-state index contributed by atoms with van der Waals surface area (Å²) in [7, 11) is 1.54. The number of aromatic nitrogens is 2. The number of fused-ring (bicyclic) bond motifs is 1. The maximum Gasteiger partial charge on any atom is 0.302 e. The highest BCUT2D eigenvalue weighted by Gasteiger charge is 2.48. The minimum absolute atomic E-state index is 0.00935. The molecule has 4 aromatic rings. The van der Waals surface area contributed by atoms with Crippen LogP contribution in [0.15, 0.2) is 76.8 Å². The second-order valence-electron chi connectivity index (χ2n) is 8.01. The first-order valence-corrected chi connectivity index (χ1v) is 11.3. The number of ether oxygens (including phenoxy) is 1. The van der Waals surface area contributed by atoms with E-state index in [9.17, 15) is 14.7 Å². The Balaban J connectivity index is 1.71. The van der Waals surface area contributed by atoms with Gasteiger partial charge >= 0.3 is 5.91 Å². The van der Waals surface area contributed by atoms with Crippen molar-refractivity contribution in [2.45, 2.75) is 13.0 Å². The summed E-state index contributed by atoms with van der Waals surface area (Å²) in [6, 6.07) is 18.9. The summed E-state index contributed by atoms with van der Waals surface area (Å²) in [5.74, 6) is -1.00. The molecule has 2 heterocycles. The molecule has 0 radical (unpaired) electrons. The van der Waals surface area contributed by atoms with E-state index < -0.39 is 17.7 Å². The number of aromatic amines is 1. The molecule has 1 unspecified atom stereocenters. The number of anilines is 1. The molecule has 0 spiro atoms. The quantitative estimate of drug-likeness (QED) is 0.218. The van der Waals surface area contributed by atoms with E-state index in [0.29, 0.717) is 26.9 Å². The third-order valence-electron chi connectivity index (χ3n) is 5.84. The van der Waals surface area contributed by atoms with Crippen molar-refractivity contribution in [1.82, 2.24) is 9.97 Å². The van der Waals surface area contributed by atoms with E-state index in [4.69, 9.17) is 4.74 Å². The predicted molar refractivity (Wildman–Crippen MR) is 133 cm³/mol. The van der Waals surface area contributed by atoms with Crippen molar-refractivity contribution in [3.63, 3.8) is 0 Å². The zero-order valence-corrected chi connectivity index (χ0v) is 20.0. The number of benzene rings is 3. The molecule has 1 atom stereocenters. The van der Waals surface area contributed by atoms with Crippen molar-refractivity contribution in [2.24, 2.45) is 0 Å². The van der Waals surface area contributed by atoms with Crippen LogP contribution in [0.2, 0.25) is 0 Å². The van der Waals surface area contributed by atoms with Crippen LogP contribution in [-0.2, 0) is 9.59 Å². The lowest BCUT2D eigenvalue weighted by Crippen LogP contribution is -2.30. The minimum Gasteiger partial charge on any atom is -0.507 e. The Morgan fingerprint density at radius 3 is 2.56 bits per heavy atom. The van der Waals surface area contributed by atoms with Gasteiger partial charge in [-0.05, 0) is 64.3 Å². The van der Waals surface area contributed by atoms with Gasteiger partial charge in [-0.2, -0.15) is 0 Å². The number of amides is 1. The third kappa shape index (κ3) is 3.56. The number of H-pyrrole nitrogens is 1. The summed E-state index contributed by atoms with van der Waals surface area (Å²) in [5.41, 5.74) is 3.51. The van der Waals surface area contributed by atoms with Gasteiger partial charge in [-0.15, -0.1) is 0 Å². The Morgan fingerprint density at radius 2 is 1.85 bits per heavy atom. The second kappa shape index (κ2) is 8.46. The Morgan fingerprint density at radius 1 is 1.09 bits per heavy atom. The van der Waals surface area contributed by atoms with Crippen LogP contribution < -0.4 is 9.64 Å². The molecule has 1 aliphatic rings. The predicted octanol–water partition coefficient (Wildman–Crippen LogP) is 5.27. The Hall–Kier alpha value is -3.91. The van der Waals surface area contributed by atoms with Gasteiger partial charge in [-0.25, -0.2) is 4.98 Å². The number of hydrogen-bond acceptors (Lipinski definition) is 5. The maximum atomic E-state index is 13.3. The van der Waals surface area contributed by atoms with Crippen LogP contribution in [0, 0.1) is 6.92 Å². The Kier molecular flexibility index (Phi) is 5.45. The summed E-state index contributed by atoms with van der Waals surface area (Å²) in [5, 5.41) is 11.3. The molecular weight excluding hydrogens is 498 g/mol. The van der Waals surface area contributed by atoms with E-state index in [1.54, 1.807) is 18.2 Å². The fourth-order valence-corrected chi connectivity index (χ4v) is 4.74. The molecule has 7 nitrogen and oxygen atoms in total. The van der Waals surface area contributed by atoms with Crippen molar-refractivity contribution >= 4 is 50.4 Å². The van der Waals surface area contributed by atoms with E-state index >= 15 is 0 Å². The van der Waals surface area contributed by atoms with Gasteiger partial charge in [0.25, 0.3) is 5.78 Å². The molecule has 5 rings (SSSR count). The van der Waals surface area contributed by atoms with Crippen LogP contribution in [0.25, 0.3) is 16.8 Å². The van der Waals surface area contributed by atoms with E-state index in [1.807, 2.05) is 55.5 Å². The average Bonchev–Trinajstić information content (AvgIpc) is 3.37. The van der Waals surface area contributed by atoms with Gasteiger partial charge in [0.2, 0.25) is 5.95 Å². The molecule has 0 aliphatic carbocycles. The number of aliphatic hydroxyl groups is 1. The Labute approximate surface area is 203 Å². The van der Waals surface area contributed by atoms with Crippen LogP contribution >= 0.6 is 15.9 Å². The van der Waals surface area contributed by atoms with Crippen molar-refractivity contribution in [1.29, 1.82) is 0 Å². The number of halogens is 1. The van der Waals surface area contributed by atoms with Crippen molar-refractivity contribution < 1.29 is 19.4 Å². The number of nitrogens with zero attached hydrogens (tertiary/aromatic N) is 2. The van der Waals surface area contributed by atoms with Crippen molar-refractivity contribution in [3.8, 4) is 5.75 Å². The molecule has 1 fully saturated rings. The summed E-state index contributed by atoms with van der Waals surface area (Å²) >= 11 is 3.41. The third-order valence-corrected chi connectivity index (χ3v) is 6.46. The molecule has 8 heteroatoms. The summed E-state index contributed by atoms with van der Waals surface area (Å²) in [6.45, 7) is 1.96. The lowest BCUT2D eigenvalue weighted by Gasteiger charge is -2.23. The topological polar surface area (TPSA) is 95.5 Å². The molecule has 2 N–H and O–H groups in total. The minimum atomic E-state index is -0.858. The van der Waals surface area contributed by atoms with Crippen molar-refractivity contribution in [3.05, 3.63) is 93.5 Å². The number of carbonyl (C=O) groups is 2. The lowest BCUT2D eigenvalue weighted by atomic mass is 9.95. The van der Waals surface area contributed by atoms with Gasteiger partial charge in [0.15, 0.2) is 0 Å². The SMILES string of the molecule is COc1ccc(/C(O)=C2\C(=O)C(=O)N(c3nc4ccc(C)cc4[nH]3)C2c2ccccc2)cc1Br. The van der Waals surface area contributed by atoms with E-state index in [0.717, 1.165) is 11.1 Å². The van der Waals surface area contributed by atoms with Gasteiger partial charge < -0.3 is 14.8 Å². The van der Waals surface area contributed by atoms with Gasteiger partial charge in [-0.1, -0.05) is 36.4 Å². The zero-order chi connectivity index (χ0) is 24.0. The number of ketones is 1. The number of Topliss-reactive ketones (excluding diaryl/α,β-unsaturated/α-hetero) is 1. The molecule has 1 saturated heterocycles. The largest absolute Gasteiger partial charge is 0.507 e.